The molecule has 0 spiro atoms. The number of nitrogens with zero attached hydrogens (tertiary/aromatic N) is 1. The molecule has 0 radical (unpaired) electrons. The van der Waals surface area contributed by atoms with E-state index in [2.05, 4.69) is 86.6 Å². The molecule has 0 aromatic heterocycles. The molecule has 3 heteroatoms. The first-order valence-electron chi connectivity index (χ1n) is 9.80. The molecule has 3 aromatic carbocycles. The Labute approximate surface area is 180 Å². The predicted molar refractivity (Wildman–Crippen MR) is 126 cm³/mol. The number of phenolic OH excluding ortho intramolecular Hbond substituents is 1. The van der Waals surface area contributed by atoms with Crippen LogP contribution in [0.3, 0.4) is 0 Å². The fourth-order valence-corrected chi connectivity index (χ4v) is 3.65. The summed E-state index contributed by atoms with van der Waals surface area (Å²) in [4.78, 5) is 2.17. The van der Waals surface area contributed by atoms with Gasteiger partial charge in [0.1, 0.15) is 5.75 Å². The van der Waals surface area contributed by atoms with Crippen LogP contribution in [-0.2, 0) is 12.8 Å². The average Bonchev–Trinajstić information content (AvgIpc) is 2.68. The highest BCUT2D eigenvalue weighted by molar-refractivity contribution is 5.85. The average molecular weight is 408 g/mol. The molecule has 0 saturated carbocycles. The number of halogens is 1. The molecule has 0 unspecified atom stereocenters. The lowest BCUT2D eigenvalue weighted by atomic mass is 9.92. The van der Waals surface area contributed by atoms with Gasteiger partial charge in [-0.05, 0) is 73.8 Å². The van der Waals surface area contributed by atoms with Crippen LogP contribution >= 0.6 is 12.4 Å². The molecule has 0 fully saturated rings. The predicted octanol–water partition coefficient (Wildman–Crippen LogP) is 5.98. The van der Waals surface area contributed by atoms with E-state index in [0.717, 1.165) is 24.9 Å². The summed E-state index contributed by atoms with van der Waals surface area (Å²) in [5, 5.41) is 9.96. The Morgan fingerprint density at radius 3 is 1.97 bits per heavy atom. The molecule has 1 N–H and O–H groups in total. The summed E-state index contributed by atoms with van der Waals surface area (Å²) in [6, 6.07) is 27.0. The molecule has 3 aromatic rings. The van der Waals surface area contributed by atoms with Gasteiger partial charge in [-0.25, -0.2) is 0 Å². The minimum absolute atomic E-state index is 0. The second kappa shape index (κ2) is 10.8. The number of hydrogen-bond donors (Lipinski definition) is 1. The number of benzene rings is 3. The van der Waals surface area contributed by atoms with Gasteiger partial charge in [0.15, 0.2) is 0 Å². The molecule has 0 heterocycles. The zero-order valence-corrected chi connectivity index (χ0v) is 18.2. The zero-order chi connectivity index (χ0) is 19.9. The van der Waals surface area contributed by atoms with Crippen molar-refractivity contribution in [1.82, 2.24) is 4.90 Å². The maximum Gasteiger partial charge on any atom is 0.116 e. The third-order valence-electron chi connectivity index (χ3n) is 4.90. The SMILES string of the molecule is C/C(CN(C)C)=C(/c1ccc(CCc2ccccc2)cc1)c1cccc(O)c1.Cl. The number of aromatic hydroxyl groups is 1. The van der Waals surface area contributed by atoms with Gasteiger partial charge < -0.3 is 10.0 Å². The van der Waals surface area contributed by atoms with Crippen molar-refractivity contribution in [3.63, 3.8) is 0 Å². The standard InChI is InChI=1S/C26H29NO.ClH/c1-20(19-27(2)3)26(24-10-7-11-25(28)18-24)23-16-14-22(15-17-23)13-12-21-8-5-4-6-9-21;/h4-11,14-18,28H,12-13,19H2,1-3H3;1H/b26-20+;. The van der Waals surface area contributed by atoms with Crippen molar-refractivity contribution >= 4 is 18.0 Å². The quantitative estimate of drug-likeness (QED) is 0.520. The molecule has 0 saturated heterocycles. The van der Waals surface area contributed by atoms with E-state index < -0.39 is 0 Å². The van der Waals surface area contributed by atoms with Crippen LogP contribution in [0, 0.1) is 0 Å². The van der Waals surface area contributed by atoms with Crippen LogP contribution < -0.4 is 0 Å². The van der Waals surface area contributed by atoms with Crippen LogP contribution in [0.4, 0.5) is 0 Å². The molecule has 0 aliphatic heterocycles. The lowest BCUT2D eigenvalue weighted by molar-refractivity contribution is 0.446. The molecule has 0 amide bonds. The first kappa shape index (κ1) is 22.7. The van der Waals surface area contributed by atoms with Gasteiger partial charge in [-0.3, -0.25) is 0 Å². The van der Waals surface area contributed by atoms with Gasteiger partial charge in [0, 0.05) is 6.54 Å². The molecular weight excluding hydrogens is 378 g/mol. The lowest BCUT2D eigenvalue weighted by Gasteiger charge is -2.17. The van der Waals surface area contributed by atoms with Gasteiger partial charge in [-0.2, -0.15) is 0 Å². The summed E-state index contributed by atoms with van der Waals surface area (Å²) >= 11 is 0. The number of hydrogen-bond acceptors (Lipinski definition) is 2. The number of likely N-dealkylation sites (N-methyl/N-ethyl adjacent to an activating group) is 1. The fraction of sp³-hybridized carbons (Fsp3) is 0.231. The van der Waals surface area contributed by atoms with Crippen molar-refractivity contribution in [2.45, 2.75) is 19.8 Å². The highest BCUT2D eigenvalue weighted by atomic mass is 35.5. The van der Waals surface area contributed by atoms with Crippen molar-refractivity contribution in [1.29, 1.82) is 0 Å². The number of phenols is 1. The lowest BCUT2D eigenvalue weighted by Crippen LogP contribution is -2.15. The summed E-state index contributed by atoms with van der Waals surface area (Å²) in [5.41, 5.74) is 7.43. The van der Waals surface area contributed by atoms with E-state index in [1.54, 1.807) is 6.07 Å². The fourth-order valence-electron chi connectivity index (χ4n) is 3.65. The monoisotopic (exact) mass is 407 g/mol. The van der Waals surface area contributed by atoms with E-state index in [1.165, 1.54) is 27.8 Å². The van der Waals surface area contributed by atoms with Crippen LogP contribution in [0.25, 0.3) is 5.57 Å². The van der Waals surface area contributed by atoms with Gasteiger partial charge in [-0.15, -0.1) is 12.4 Å². The van der Waals surface area contributed by atoms with Crippen molar-refractivity contribution in [3.8, 4) is 5.75 Å². The summed E-state index contributed by atoms with van der Waals surface area (Å²) in [6.45, 7) is 3.05. The number of rotatable bonds is 7. The summed E-state index contributed by atoms with van der Waals surface area (Å²) in [5.74, 6) is 0.298. The van der Waals surface area contributed by atoms with Crippen molar-refractivity contribution in [3.05, 3.63) is 107 Å². The van der Waals surface area contributed by atoms with Crippen LogP contribution in [0.15, 0.2) is 84.4 Å². The largest absolute Gasteiger partial charge is 0.508 e. The van der Waals surface area contributed by atoms with Crippen LogP contribution in [-0.4, -0.2) is 30.6 Å². The first-order valence-corrected chi connectivity index (χ1v) is 9.80. The van der Waals surface area contributed by atoms with Crippen molar-refractivity contribution in [2.24, 2.45) is 0 Å². The van der Waals surface area contributed by atoms with Gasteiger partial charge in [0.25, 0.3) is 0 Å². The van der Waals surface area contributed by atoms with E-state index in [1.807, 2.05) is 12.1 Å². The van der Waals surface area contributed by atoms with Crippen LogP contribution in [0.1, 0.15) is 29.2 Å². The molecule has 2 nitrogen and oxygen atoms in total. The van der Waals surface area contributed by atoms with Gasteiger partial charge in [-0.1, -0.05) is 72.3 Å². The van der Waals surface area contributed by atoms with E-state index in [9.17, 15) is 5.11 Å². The third kappa shape index (κ3) is 6.49. The minimum atomic E-state index is 0. The topological polar surface area (TPSA) is 23.5 Å². The maximum absolute atomic E-state index is 9.96. The van der Waals surface area contributed by atoms with Crippen LogP contribution in [0.5, 0.6) is 5.75 Å². The molecule has 3 rings (SSSR count). The van der Waals surface area contributed by atoms with Gasteiger partial charge in [0.05, 0.1) is 0 Å². The molecule has 0 aliphatic rings. The Hall–Kier alpha value is -2.55. The molecule has 29 heavy (non-hydrogen) atoms. The second-order valence-electron chi connectivity index (χ2n) is 7.63. The Morgan fingerprint density at radius 2 is 1.38 bits per heavy atom. The van der Waals surface area contributed by atoms with Crippen molar-refractivity contribution in [2.75, 3.05) is 20.6 Å². The Balaban J connectivity index is 0.00000300. The Morgan fingerprint density at radius 1 is 0.759 bits per heavy atom. The minimum Gasteiger partial charge on any atom is -0.508 e. The maximum atomic E-state index is 9.96. The second-order valence-corrected chi connectivity index (χ2v) is 7.63. The third-order valence-corrected chi connectivity index (χ3v) is 4.90. The highest BCUT2D eigenvalue weighted by Crippen LogP contribution is 2.29. The van der Waals surface area contributed by atoms with E-state index in [-0.39, 0.29) is 12.4 Å². The Kier molecular flexibility index (Phi) is 8.50. The molecule has 0 aliphatic carbocycles. The van der Waals surface area contributed by atoms with E-state index in [4.69, 9.17) is 0 Å². The van der Waals surface area contributed by atoms with E-state index >= 15 is 0 Å². The summed E-state index contributed by atoms with van der Waals surface area (Å²) in [7, 11) is 4.16. The molecule has 0 bridgehead atoms. The number of aryl methyl sites for hydroxylation is 2. The van der Waals surface area contributed by atoms with Crippen LogP contribution in [0.2, 0.25) is 0 Å². The van der Waals surface area contributed by atoms with Gasteiger partial charge >= 0.3 is 0 Å². The summed E-state index contributed by atoms with van der Waals surface area (Å²) in [6.07, 6.45) is 2.08. The first-order chi connectivity index (χ1) is 13.5. The van der Waals surface area contributed by atoms with E-state index in [0.29, 0.717) is 5.75 Å². The van der Waals surface area contributed by atoms with Crippen molar-refractivity contribution < 1.29 is 5.11 Å². The highest BCUT2D eigenvalue weighted by Gasteiger charge is 2.11. The summed E-state index contributed by atoms with van der Waals surface area (Å²) < 4.78 is 0. The molecule has 0 atom stereocenters. The zero-order valence-electron chi connectivity index (χ0n) is 17.4. The molecule has 152 valence electrons. The normalized spacial score (nSPS) is 11.7. The smallest absolute Gasteiger partial charge is 0.116 e. The Bertz CT molecular complexity index is 930. The van der Waals surface area contributed by atoms with Gasteiger partial charge in [0.2, 0.25) is 0 Å². The molecular formula is C26H30ClNO.